The Morgan fingerprint density at radius 3 is 0.463 bits per heavy atom. The summed E-state index contributed by atoms with van der Waals surface area (Å²) in [6.07, 6.45) is -16.4. The molecule has 0 unspecified atom stereocenters. The number of hydrogen-bond donors (Lipinski definition) is 1. The highest BCUT2D eigenvalue weighted by molar-refractivity contribution is 5.21. The van der Waals surface area contributed by atoms with Gasteiger partial charge in [0.05, 0.1) is 0 Å². The fourth-order valence-electron chi connectivity index (χ4n) is 2.19. The average molecular weight is 685 g/mol. The van der Waals surface area contributed by atoms with E-state index in [2.05, 4.69) is 5.73 Å². The molecule has 0 aliphatic carbocycles. The van der Waals surface area contributed by atoms with E-state index in [0.717, 1.165) is 0 Å². The molecule has 0 heterocycles. The number of alkyl halides is 27. The molecule has 41 heavy (non-hydrogen) atoms. The molecule has 0 atom stereocenters. The van der Waals surface area contributed by atoms with Gasteiger partial charge >= 0.3 is 71.6 Å². The van der Waals surface area contributed by atoms with E-state index in [1.165, 1.54) is 0 Å². The van der Waals surface area contributed by atoms with Crippen LogP contribution < -0.4 is 5.73 Å². The summed E-state index contributed by atoms with van der Waals surface area (Å²) in [6.45, 7) is 0. The summed E-state index contributed by atoms with van der Waals surface area (Å²) in [5.74, 6) is -101. The van der Waals surface area contributed by atoms with E-state index in [-0.39, 0.29) is 0 Å². The highest BCUT2D eigenvalue weighted by Gasteiger charge is 2.99. The average Bonchev–Trinajstić information content (AvgIpc) is 2.70. The molecule has 28 heteroatoms. The molecular formula is C13H2F27N. The molecule has 0 aromatic heterocycles. The third-order valence-corrected chi connectivity index (χ3v) is 4.78. The maximum Gasteiger partial charge on any atom is 0.460 e. The van der Waals surface area contributed by atoms with Gasteiger partial charge in [0, 0.05) is 0 Å². The van der Waals surface area contributed by atoms with Crippen LogP contribution in [0.2, 0.25) is 0 Å². The topological polar surface area (TPSA) is 26.0 Å². The van der Waals surface area contributed by atoms with Crippen molar-refractivity contribution in [3.05, 3.63) is 0 Å². The van der Waals surface area contributed by atoms with Gasteiger partial charge in [-0.3, -0.25) is 5.73 Å². The Kier molecular flexibility index (Phi) is 8.62. The molecule has 0 aliphatic heterocycles. The van der Waals surface area contributed by atoms with Crippen LogP contribution in [0.4, 0.5) is 119 Å². The molecular weight excluding hydrogens is 683 g/mol. The fourth-order valence-corrected chi connectivity index (χ4v) is 2.19. The molecule has 0 fully saturated rings. The highest BCUT2D eigenvalue weighted by atomic mass is 19.4. The summed E-state index contributed by atoms with van der Waals surface area (Å²) < 4.78 is 350. The van der Waals surface area contributed by atoms with E-state index in [0.29, 0.717) is 0 Å². The van der Waals surface area contributed by atoms with Crippen LogP contribution in [0.15, 0.2) is 0 Å². The maximum atomic E-state index is 13.9. The van der Waals surface area contributed by atoms with Crippen molar-refractivity contribution in [1.29, 1.82) is 0 Å². The van der Waals surface area contributed by atoms with Crippen LogP contribution in [-0.4, -0.2) is 77.4 Å². The Labute approximate surface area is 203 Å². The molecule has 0 radical (unpaired) electrons. The lowest BCUT2D eigenvalue weighted by molar-refractivity contribution is -0.473. The van der Waals surface area contributed by atoms with Gasteiger partial charge in [0.2, 0.25) is 0 Å². The first-order valence-corrected chi connectivity index (χ1v) is 8.39. The summed E-state index contributed by atoms with van der Waals surface area (Å²) in [7, 11) is 0. The molecule has 0 amide bonds. The van der Waals surface area contributed by atoms with Crippen LogP contribution in [0, 0.1) is 0 Å². The number of rotatable bonds is 10. The second kappa shape index (κ2) is 9.04. The smallest absolute Gasteiger partial charge is 0.288 e. The first-order valence-electron chi connectivity index (χ1n) is 8.39. The Bertz CT molecular complexity index is 885. The third kappa shape index (κ3) is 4.40. The van der Waals surface area contributed by atoms with E-state index >= 15 is 0 Å². The summed E-state index contributed by atoms with van der Waals surface area (Å²) in [4.78, 5) is 0. The van der Waals surface area contributed by atoms with Crippen molar-refractivity contribution < 1.29 is 119 Å². The molecule has 0 saturated carbocycles. The molecule has 0 saturated heterocycles. The van der Waals surface area contributed by atoms with Crippen LogP contribution in [0.1, 0.15) is 0 Å². The van der Waals surface area contributed by atoms with Gasteiger partial charge in [-0.2, -0.15) is 114 Å². The molecule has 2 N–H and O–H groups in total. The summed E-state index contributed by atoms with van der Waals surface area (Å²) in [5.41, 5.74) is 2.81. The van der Waals surface area contributed by atoms with Gasteiger partial charge < -0.3 is 0 Å². The van der Waals surface area contributed by atoms with E-state index in [1.54, 1.807) is 0 Å². The monoisotopic (exact) mass is 685 g/mol. The van der Waals surface area contributed by atoms with Gasteiger partial charge in [0.15, 0.2) is 0 Å². The first kappa shape index (κ1) is 39.1. The first-order chi connectivity index (χ1) is 17.0. The predicted molar refractivity (Wildman–Crippen MR) is 69.6 cm³/mol. The van der Waals surface area contributed by atoms with Gasteiger partial charge in [-0.05, 0) is 0 Å². The second-order valence-corrected chi connectivity index (χ2v) is 7.45. The quantitative estimate of drug-likeness (QED) is 0.183. The van der Waals surface area contributed by atoms with Gasteiger partial charge in [-0.1, -0.05) is 0 Å². The lowest BCUT2D eigenvalue weighted by Crippen LogP contribution is -2.82. The molecule has 0 aromatic carbocycles. The Morgan fingerprint density at radius 1 is 0.195 bits per heavy atom. The molecule has 0 aliphatic rings. The SMILES string of the molecule is NC(F)(C(F)(F)C(F)(F)C(F)(F)C(F)(F)C(F)(F)C(F)(F)F)C(F)(F)C(F)(F)C(F)(F)C(F)(F)C(F)(F)C(F)(F)F. The van der Waals surface area contributed by atoms with E-state index < -0.39 is 77.4 Å². The van der Waals surface area contributed by atoms with Crippen molar-refractivity contribution in [3.63, 3.8) is 0 Å². The molecule has 0 aromatic rings. The Balaban J connectivity index is 7.41. The standard InChI is InChI=1S/C13H2F27N/c14-1(15,5(22,23)9(30,31)12(35,36)37)3(18,19)7(26,27)11(34,41)8(28,29)4(20,21)2(16,17)6(24,25)10(32,33)13(38,39)40/h41H2. The normalized spacial score (nSPS) is 17.3. The van der Waals surface area contributed by atoms with Crippen molar-refractivity contribution in [2.75, 3.05) is 0 Å². The zero-order valence-corrected chi connectivity index (χ0v) is 17.3. The number of hydrogen-bond acceptors (Lipinski definition) is 1. The zero-order valence-electron chi connectivity index (χ0n) is 17.3. The van der Waals surface area contributed by atoms with Gasteiger partial charge in [-0.15, -0.1) is 0 Å². The summed E-state index contributed by atoms with van der Waals surface area (Å²) >= 11 is 0. The fraction of sp³-hybridized carbons (Fsp3) is 1.00. The number of nitrogens with two attached hydrogens (primary N) is 1. The van der Waals surface area contributed by atoms with Crippen molar-refractivity contribution >= 4 is 0 Å². The molecule has 0 bridgehead atoms. The molecule has 1 nitrogen and oxygen atoms in total. The lowest BCUT2D eigenvalue weighted by atomic mass is 9.82. The van der Waals surface area contributed by atoms with Crippen molar-refractivity contribution in [3.8, 4) is 0 Å². The minimum absolute atomic E-state index is 2.81. The number of halogens is 27. The zero-order chi connectivity index (χ0) is 34.5. The van der Waals surface area contributed by atoms with E-state index in [4.69, 9.17) is 0 Å². The Morgan fingerprint density at radius 2 is 0.317 bits per heavy atom. The van der Waals surface area contributed by atoms with Gasteiger partial charge in [0.1, 0.15) is 0 Å². The molecule has 0 rings (SSSR count). The Hall–Kier alpha value is -1.93. The molecule has 248 valence electrons. The van der Waals surface area contributed by atoms with Crippen molar-refractivity contribution in [1.82, 2.24) is 0 Å². The van der Waals surface area contributed by atoms with E-state index in [9.17, 15) is 119 Å². The van der Waals surface area contributed by atoms with Crippen LogP contribution in [0.5, 0.6) is 0 Å². The van der Waals surface area contributed by atoms with E-state index in [1.807, 2.05) is 0 Å². The summed E-state index contributed by atoms with van der Waals surface area (Å²) in [6, 6.07) is 0. The van der Waals surface area contributed by atoms with Crippen LogP contribution in [0.3, 0.4) is 0 Å². The van der Waals surface area contributed by atoms with Gasteiger partial charge in [-0.25, -0.2) is 4.39 Å². The largest absolute Gasteiger partial charge is 0.460 e. The summed E-state index contributed by atoms with van der Waals surface area (Å²) in [5, 5.41) is 0. The highest BCUT2D eigenvalue weighted by Crippen LogP contribution is 2.67. The van der Waals surface area contributed by atoms with Gasteiger partial charge in [0.25, 0.3) is 5.79 Å². The van der Waals surface area contributed by atoms with Crippen LogP contribution >= 0.6 is 0 Å². The molecule has 0 spiro atoms. The van der Waals surface area contributed by atoms with Crippen molar-refractivity contribution in [2.45, 2.75) is 77.4 Å². The minimum Gasteiger partial charge on any atom is -0.288 e. The third-order valence-electron chi connectivity index (χ3n) is 4.78. The second-order valence-electron chi connectivity index (χ2n) is 7.45. The minimum atomic E-state index is -9.44. The van der Waals surface area contributed by atoms with Crippen LogP contribution in [0.25, 0.3) is 0 Å². The maximum absolute atomic E-state index is 13.9. The van der Waals surface area contributed by atoms with Crippen LogP contribution in [-0.2, 0) is 0 Å². The van der Waals surface area contributed by atoms with Crippen molar-refractivity contribution in [2.24, 2.45) is 5.73 Å². The lowest BCUT2D eigenvalue weighted by Gasteiger charge is -2.47. The predicted octanol–water partition coefficient (Wildman–Crippen LogP) is 8.09.